The average Bonchev–Trinajstić information content (AvgIpc) is 3.30. The number of carbonyl (C=O) groups excluding carboxylic acids is 1. The Hall–Kier alpha value is -3.10. The number of nitrogens with one attached hydrogen (secondary N) is 1. The summed E-state index contributed by atoms with van der Waals surface area (Å²) in [6.45, 7) is 3.67. The first kappa shape index (κ1) is 18.7. The fraction of sp³-hybridized carbons (Fsp3) is 0.278. The highest BCUT2D eigenvalue weighted by atomic mass is 19.4. The summed E-state index contributed by atoms with van der Waals surface area (Å²) in [6.07, 6.45) is -3.10. The molecule has 0 saturated heterocycles. The molecule has 0 spiro atoms. The lowest BCUT2D eigenvalue weighted by molar-refractivity contribution is -0.137. The molecule has 1 unspecified atom stereocenters. The number of carbonyl (C=O) groups is 1. The number of alkyl halides is 3. The Balaban J connectivity index is 1.85. The molecule has 3 aromatic rings. The van der Waals surface area contributed by atoms with Crippen molar-refractivity contribution in [3.8, 4) is 11.4 Å². The van der Waals surface area contributed by atoms with Gasteiger partial charge < -0.3 is 14.3 Å². The highest BCUT2D eigenvalue weighted by molar-refractivity contribution is 5.91. The third-order valence-electron chi connectivity index (χ3n) is 3.85. The minimum Gasteiger partial charge on any atom is -0.459 e. The predicted molar refractivity (Wildman–Crippen MR) is 88.5 cm³/mol. The van der Waals surface area contributed by atoms with Crippen LogP contribution in [0.4, 0.5) is 13.2 Å². The summed E-state index contributed by atoms with van der Waals surface area (Å²) in [5, 5.41) is 6.48. The molecule has 0 bridgehead atoms. The minimum atomic E-state index is -4.47. The average molecular weight is 379 g/mol. The molecule has 1 amide bonds. The zero-order valence-corrected chi connectivity index (χ0v) is 14.4. The molecule has 2 heterocycles. The Morgan fingerprint density at radius 3 is 2.59 bits per heavy atom. The van der Waals surface area contributed by atoms with Crippen molar-refractivity contribution in [2.75, 3.05) is 0 Å². The highest BCUT2D eigenvalue weighted by Gasteiger charge is 2.31. The number of aromatic nitrogens is 2. The van der Waals surface area contributed by atoms with Crippen LogP contribution in [0.2, 0.25) is 0 Å². The fourth-order valence-electron chi connectivity index (χ4n) is 2.45. The number of furan rings is 1. The van der Waals surface area contributed by atoms with Crippen LogP contribution in [0.25, 0.3) is 11.4 Å². The minimum absolute atomic E-state index is 0.00833. The van der Waals surface area contributed by atoms with E-state index in [4.69, 9.17) is 8.94 Å². The van der Waals surface area contributed by atoms with Crippen molar-refractivity contribution in [2.45, 2.75) is 26.1 Å². The molecule has 1 aromatic carbocycles. The van der Waals surface area contributed by atoms with Crippen LogP contribution in [0, 0.1) is 5.92 Å². The van der Waals surface area contributed by atoms with Crippen molar-refractivity contribution >= 4 is 5.91 Å². The standard InChI is InChI=1S/C18H16F3N3O3/c1-10(2)14(22-16(25)13-7-4-8-26-13)17-23-15(24-27-17)11-5-3-6-12(9-11)18(19,20)21/h3-10,14H,1-2H3,(H,22,25). The van der Waals surface area contributed by atoms with Crippen molar-refractivity contribution < 1.29 is 26.9 Å². The van der Waals surface area contributed by atoms with E-state index in [0.717, 1.165) is 12.1 Å². The second kappa shape index (κ2) is 7.26. The van der Waals surface area contributed by atoms with Gasteiger partial charge in [-0.05, 0) is 30.2 Å². The monoisotopic (exact) mass is 379 g/mol. The van der Waals surface area contributed by atoms with Crippen LogP contribution in [-0.2, 0) is 6.18 Å². The molecule has 0 saturated carbocycles. The number of benzene rings is 1. The second-order valence-corrected chi connectivity index (χ2v) is 6.21. The van der Waals surface area contributed by atoms with Crippen molar-refractivity contribution in [1.82, 2.24) is 15.5 Å². The van der Waals surface area contributed by atoms with Gasteiger partial charge in [-0.3, -0.25) is 4.79 Å². The van der Waals surface area contributed by atoms with Gasteiger partial charge >= 0.3 is 6.18 Å². The smallest absolute Gasteiger partial charge is 0.416 e. The van der Waals surface area contributed by atoms with Gasteiger partial charge in [-0.25, -0.2) is 0 Å². The van der Waals surface area contributed by atoms with Crippen LogP contribution in [0.5, 0.6) is 0 Å². The normalized spacial score (nSPS) is 13.0. The summed E-state index contributed by atoms with van der Waals surface area (Å²) in [5.41, 5.74) is -0.641. The van der Waals surface area contributed by atoms with Gasteiger partial charge in [-0.1, -0.05) is 31.1 Å². The van der Waals surface area contributed by atoms with Gasteiger partial charge in [0.25, 0.3) is 5.91 Å². The first-order valence-electron chi connectivity index (χ1n) is 8.11. The van der Waals surface area contributed by atoms with Gasteiger partial charge in [0, 0.05) is 5.56 Å². The molecule has 6 nitrogen and oxygen atoms in total. The molecular formula is C18H16F3N3O3. The number of halogens is 3. The Bertz CT molecular complexity index is 917. The van der Waals surface area contributed by atoms with E-state index in [2.05, 4.69) is 15.5 Å². The molecule has 0 aliphatic heterocycles. The lowest BCUT2D eigenvalue weighted by Gasteiger charge is -2.17. The zero-order chi connectivity index (χ0) is 19.6. The maximum Gasteiger partial charge on any atom is 0.416 e. The van der Waals surface area contributed by atoms with Gasteiger partial charge in [0.1, 0.15) is 6.04 Å². The van der Waals surface area contributed by atoms with Crippen molar-refractivity contribution in [3.63, 3.8) is 0 Å². The Morgan fingerprint density at radius 1 is 1.19 bits per heavy atom. The summed E-state index contributed by atoms with van der Waals surface area (Å²) in [7, 11) is 0. The Labute approximate surface area is 152 Å². The summed E-state index contributed by atoms with van der Waals surface area (Å²) in [5.74, 6) is -0.346. The zero-order valence-electron chi connectivity index (χ0n) is 14.4. The number of nitrogens with zero attached hydrogens (tertiary/aromatic N) is 2. The number of hydrogen-bond donors (Lipinski definition) is 1. The molecule has 142 valence electrons. The Morgan fingerprint density at radius 2 is 1.96 bits per heavy atom. The summed E-state index contributed by atoms with van der Waals surface area (Å²) >= 11 is 0. The molecule has 27 heavy (non-hydrogen) atoms. The maximum atomic E-state index is 12.9. The van der Waals surface area contributed by atoms with E-state index in [0.29, 0.717) is 0 Å². The molecule has 0 aliphatic carbocycles. The van der Waals surface area contributed by atoms with Crippen LogP contribution in [0.3, 0.4) is 0 Å². The third-order valence-corrected chi connectivity index (χ3v) is 3.85. The predicted octanol–water partition coefficient (Wildman–Crippen LogP) is 4.48. The van der Waals surface area contributed by atoms with E-state index in [1.54, 1.807) is 6.07 Å². The molecular weight excluding hydrogens is 363 g/mol. The van der Waals surface area contributed by atoms with E-state index in [-0.39, 0.29) is 29.0 Å². The SMILES string of the molecule is CC(C)C(NC(=O)c1ccco1)c1nc(-c2cccc(C(F)(F)F)c2)no1. The summed E-state index contributed by atoms with van der Waals surface area (Å²) in [4.78, 5) is 16.4. The van der Waals surface area contributed by atoms with E-state index >= 15 is 0 Å². The van der Waals surface area contributed by atoms with E-state index < -0.39 is 23.7 Å². The van der Waals surface area contributed by atoms with Gasteiger partial charge in [-0.2, -0.15) is 18.2 Å². The van der Waals surface area contributed by atoms with Crippen LogP contribution in [0.1, 0.15) is 41.9 Å². The van der Waals surface area contributed by atoms with E-state index in [9.17, 15) is 18.0 Å². The number of amides is 1. The second-order valence-electron chi connectivity index (χ2n) is 6.21. The number of hydrogen-bond acceptors (Lipinski definition) is 5. The lowest BCUT2D eigenvalue weighted by atomic mass is 10.0. The van der Waals surface area contributed by atoms with Gasteiger partial charge in [-0.15, -0.1) is 0 Å². The van der Waals surface area contributed by atoms with Crippen molar-refractivity contribution in [2.24, 2.45) is 5.92 Å². The molecule has 2 aromatic heterocycles. The fourth-order valence-corrected chi connectivity index (χ4v) is 2.45. The molecule has 3 rings (SSSR count). The molecule has 1 atom stereocenters. The molecule has 0 fully saturated rings. The number of rotatable bonds is 5. The topological polar surface area (TPSA) is 81.2 Å². The lowest BCUT2D eigenvalue weighted by Crippen LogP contribution is -2.31. The largest absolute Gasteiger partial charge is 0.459 e. The van der Waals surface area contributed by atoms with Gasteiger partial charge in [0.2, 0.25) is 11.7 Å². The molecule has 0 aliphatic rings. The van der Waals surface area contributed by atoms with Crippen molar-refractivity contribution in [3.05, 3.63) is 59.9 Å². The van der Waals surface area contributed by atoms with E-state index in [1.165, 1.54) is 24.5 Å². The maximum absolute atomic E-state index is 12.9. The van der Waals surface area contributed by atoms with Gasteiger partial charge in [0.15, 0.2) is 5.76 Å². The quantitative estimate of drug-likeness (QED) is 0.707. The summed E-state index contributed by atoms with van der Waals surface area (Å²) < 4.78 is 48.9. The van der Waals surface area contributed by atoms with Crippen molar-refractivity contribution in [1.29, 1.82) is 0 Å². The first-order chi connectivity index (χ1) is 12.8. The molecule has 1 N–H and O–H groups in total. The third kappa shape index (κ3) is 4.18. The Kier molecular flexibility index (Phi) is 5.02. The molecule has 9 heteroatoms. The molecule has 0 radical (unpaired) electrons. The van der Waals surface area contributed by atoms with Crippen LogP contribution in [0.15, 0.2) is 51.6 Å². The first-order valence-corrected chi connectivity index (χ1v) is 8.11. The van der Waals surface area contributed by atoms with Crippen LogP contribution in [-0.4, -0.2) is 16.0 Å². The van der Waals surface area contributed by atoms with Gasteiger partial charge in [0.05, 0.1) is 11.8 Å². The summed E-state index contributed by atoms with van der Waals surface area (Å²) in [6, 6.07) is 7.09. The highest BCUT2D eigenvalue weighted by Crippen LogP contribution is 2.32. The van der Waals surface area contributed by atoms with Crippen LogP contribution >= 0.6 is 0 Å². The van der Waals surface area contributed by atoms with Crippen LogP contribution < -0.4 is 5.32 Å². The van der Waals surface area contributed by atoms with E-state index in [1.807, 2.05) is 13.8 Å².